The summed E-state index contributed by atoms with van der Waals surface area (Å²) in [5.41, 5.74) is 4.95. The van der Waals surface area contributed by atoms with E-state index in [1.54, 1.807) is 7.11 Å². The summed E-state index contributed by atoms with van der Waals surface area (Å²) < 4.78 is 7.28. The molecule has 1 saturated heterocycles. The van der Waals surface area contributed by atoms with Crippen LogP contribution in [-0.4, -0.2) is 61.0 Å². The highest BCUT2D eigenvalue weighted by Crippen LogP contribution is 2.26. The lowest BCUT2D eigenvalue weighted by Gasteiger charge is -2.29. The minimum Gasteiger partial charge on any atom is -0.497 e. The Morgan fingerprint density at radius 1 is 1.17 bits per heavy atom. The molecule has 30 heavy (non-hydrogen) atoms. The first kappa shape index (κ1) is 22.2. The van der Waals surface area contributed by atoms with Crippen LogP contribution in [0.5, 0.6) is 5.75 Å². The molecule has 7 heteroatoms. The molecule has 0 saturated carbocycles. The topological polar surface area (TPSA) is 66.7 Å². The van der Waals surface area contributed by atoms with Gasteiger partial charge in [0.1, 0.15) is 5.75 Å². The molecular formula is C23H36N6O. The van der Waals surface area contributed by atoms with Crippen molar-refractivity contribution < 1.29 is 4.74 Å². The molecule has 3 rings (SSSR count). The predicted octanol–water partition coefficient (Wildman–Crippen LogP) is 2.59. The minimum absolute atomic E-state index is 0.319. The van der Waals surface area contributed by atoms with Gasteiger partial charge in [-0.05, 0) is 69.5 Å². The molecule has 1 aliphatic heterocycles. The van der Waals surface area contributed by atoms with Crippen molar-refractivity contribution in [1.82, 2.24) is 25.3 Å². The number of rotatable bonds is 8. The Labute approximate surface area is 180 Å². The molecule has 1 unspecified atom stereocenters. The molecule has 2 heterocycles. The summed E-state index contributed by atoms with van der Waals surface area (Å²) in [7, 11) is 5.53. The summed E-state index contributed by atoms with van der Waals surface area (Å²) in [6, 6.07) is 8.76. The van der Waals surface area contributed by atoms with Gasteiger partial charge in [0, 0.05) is 32.9 Å². The molecule has 0 amide bonds. The van der Waals surface area contributed by atoms with Crippen LogP contribution in [0.15, 0.2) is 29.3 Å². The van der Waals surface area contributed by atoms with Gasteiger partial charge in [-0.3, -0.25) is 14.6 Å². The Balaban J connectivity index is 1.58. The fourth-order valence-corrected chi connectivity index (χ4v) is 4.24. The lowest BCUT2D eigenvalue weighted by atomic mass is 10.1. The third-order valence-electron chi connectivity index (χ3n) is 6.09. The molecule has 1 aromatic heterocycles. The SMILES string of the molecule is CN=C(NCCc1c(C)nn(C)c1C)NCC(c1ccc(OC)cc1)N1CCCC1. The second kappa shape index (κ2) is 10.5. The molecule has 2 N–H and O–H groups in total. The number of aryl methyl sites for hydroxylation is 2. The third kappa shape index (κ3) is 5.33. The quantitative estimate of drug-likeness (QED) is 0.515. The number of methoxy groups -OCH3 is 1. The van der Waals surface area contributed by atoms with E-state index >= 15 is 0 Å². The summed E-state index contributed by atoms with van der Waals surface area (Å²) in [4.78, 5) is 6.98. The summed E-state index contributed by atoms with van der Waals surface area (Å²) >= 11 is 0. The second-order valence-corrected chi connectivity index (χ2v) is 7.93. The summed E-state index contributed by atoms with van der Waals surface area (Å²) in [6.45, 7) is 8.12. The lowest BCUT2D eigenvalue weighted by molar-refractivity contribution is 0.245. The maximum absolute atomic E-state index is 5.32. The molecule has 2 aromatic rings. The van der Waals surface area contributed by atoms with Crippen LogP contribution in [0.3, 0.4) is 0 Å². The van der Waals surface area contributed by atoms with Gasteiger partial charge in [0.15, 0.2) is 5.96 Å². The van der Waals surface area contributed by atoms with E-state index in [-0.39, 0.29) is 0 Å². The van der Waals surface area contributed by atoms with Crippen LogP contribution in [0.4, 0.5) is 0 Å². The number of guanidine groups is 1. The van der Waals surface area contributed by atoms with Gasteiger partial charge in [0.2, 0.25) is 0 Å². The maximum Gasteiger partial charge on any atom is 0.191 e. The maximum atomic E-state index is 5.32. The zero-order valence-electron chi connectivity index (χ0n) is 19.0. The molecule has 0 aliphatic carbocycles. The van der Waals surface area contributed by atoms with Crippen LogP contribution in [0.1, 0.15) is 41.4 Å². The van der Waals surface area contributed by atoms with Crippen molar-refractivity contribution in [3.63, 3.8) is 0 Å². The molecule has 0 spiro atoms. The van der Waals surface area contributed by atoms with Crippen molar-refractivity contribution in [2.75, 3.05) is 40.3 Å². The smallest absolute Gasteiger partial charge is 0.191 e. The van der Waals surface area contributed by atoms with Crippen LogP contribution in [-0.2, 0) is 13.5 Å². The first-order chi connectivity index (χ1) is 14.5. The van der Waals surface area contributed by atoms with Crippen molar-refractivity contribution in [3.8, 4) is 5.75 Å². The van der Waals surface area contributed by atoms with E-state index < -0.39 is 0 Å². The first-order valence-electron chi connectivity index (χ1n) is 10.8. The highest BCUT2D eigenvalue weighted by molar-refractivity contribution is 5.79. The Morgan fingerprint density at radius 2 is 1.87 bits per heavy atom. The molecule has 1 atom stereocenters. The number of hydrogen-bond acceptors (Lipinski definition) is 4. The average Bonchev–Trinajstić information content (AvgIpc) is 3.37. The van der Waals surface area contributed by atoms with Crippen molar-refractivity contribution in [2.24, 2.45) is 12.0 Å². The second-order valence-electron chi connectivity index (χ2n) is 7.93. The van der Waals surface area contributed by atoms with E-state index in [9.17, 15) is 0 Å². The largest absolute Gasteiger partial charge is 0.497 e. The van der Waals surface area contributed by atoms with Crippen molar-refractivity contribution in [1.29, 1.82) is 0 Å². The number of benzene rings is 1. The lowest BCUT2D eigenvalue weighted by Crippen LogP contribution is -2.43. The van der Waals surface area contributed by atoms with E-state index in [4.69, 9.17) is 4.74 Å². The van der Waals surface area contributed by atoms with E-state index in [1.807, 2.05) is 30.9 Å². The van der Waals surface area contributed by atoms with Gasteiger partial charge in [-0.15, -0.1) is 0 Å². The number of aliphatic imine (C=N–C) groups is 1. The average molecular weight is 413 g/mol. The van der Waals surface area contributed by atoms with Crippen molar-refractivity contribution in [2.45, 2.75) is 39.2 Å². The molecular weight excluding hydrogens is 376 g/mol. The summed E-state index contributed by atoms with van der Waals surface area (Å²) in [6.07, 6.45) is 3.47. The molecule has 1 aliphatic rings. The zero-order chi connectivity index (χ0) is 21.5. The van der Waals surface area contributed by atoms with Gasteiger partial charge >= 0.3 is 0 Å². The van der Waals surface area contributed by atoms with Crippen molar-refractivity contribution >= 4 is 5.96 Å². The molecule has 7 nitrogen and oxygen atoms in total. The summed E-state index contributed by atoms with van der Waals surface area (Å²) in [5, 5.41) is 11.5. The van der Waals surface area contributed by atoms with E-state index in [0.29, 0.717) is 6.04 Å². The normalized spacial score (nSPS) is 16.0. The molecule has 0 radical (unpaired) electrons. The van der Waals surface area contributed by atoms with Gasteiger partial charge in [0.25, 0.3) is 0 Å². The summed E-state index contributed by atoms with van der Waals surface area (Å²) in [5.74, 6) is 1.73. The number of nitrogens with one attached hydrogen (secondary N) is 2. The van der Waals surface area contributed by atoms with Crippen LogP contribution in [0.2, 0.25) is 0 Å². The molecule has 1 aromatic carbocycles. The van der Waals surface area contributed by atoms with Crippen LogP contribution < -0.4 is 15.4 Å². The Morgan fingerprint density at radius 3 is 2.43 bits per heavy atom. The Hall–Kier alpha value is -2.54. The highest BCUT2D eigenvalue weighted by Gasteiger charge is 2.23. The standard InChI is InChI=1S/C23H36N6O/c1-17-21(18(2)28(4)27-17)12-13-25-23(24-3)26-16-22(29-14-6-7-15-29)19-8-10-20(30-5)11-9-19/h8-11,22H,6-7,12-16H2,1-5H3,(H2,24,25,26). The Kier molecular flexibility index (Phi) is 7.74. The predicted molar refractivity (Wildman–Crippen MR) is 122 cm³/mol. The van der Waals surface area contributed by atoms with Crippen LogP contribution >= 0.6 is 0 Å². The highest BCUT2D eigenvalue weighted by atomic mass is 16.5. The number of aromatic nitrogens is 2. The number of hydrogen-bond donors (Lipinski definition) is 2. The van der Waals surface area contributed by atoms with Gasteiger partial charge in [-0.2, -0.15) is 5.10 Å². The molecule has 1 fully saturated rings. The van der Waals surface area contributed by atoms with Gasteiger partial charge < -0.3 is 15.4 Å². The van der Waals surface area contributed by atoms with Gasteiger partial charge in [-0.1, -0.05) is 12.1 Å². The van der Waals surface area contributed by atoms with E-state index in [0.717, 1.165) is 50.0 Å². The van der Waals surface area contributed by atoms with Crippen molar-refractivity contribution in [3.05, 3.63) is 46.8 Å². The molecule has 0 bridgehead atoms. The Bertz CT molecular complexity index is 836. The third-order valence-corrected chi connectivity index (χ3v) is 6.09. The van der Waals surface area contributed by atoms with E-state index in [2.05, 4.69) is 51.6 Å². The first-order valence-corrected chi connectivity index (χ1v) is 10.8. The number of ether oxygens (including phenoxy) is 1. The van der Waals surface area contributed by atoms with Crippen LogP contribution in [0.25, 0.3) is 0 Å². The monoisotopic (exact) mass is 412 g/mol. The van der Waals surface area contributed by atoms with Crippen LogP contribution in [0, 0.1) is 13.8 Å². The molecule has 164 valence electrons. The number of likely N-dealkylation sites (tertiary alicyclic amines) is 1. The fourth-order valence-electron chi connectivity index (χ4n) is 4.24. The number of nitrogens with zero attached hydrogens (tertiary/aromatic N) is 4. The van der Waals surface area contributed by atoms with Gasteiger partial charge in [0.05, 0.1) is 18.8 Å². The van der Waals surface area contributed by atoms with E-state index in [1.165, 1.54) is 29.7 Å². The minimum atomic E-state index is 0.319. The zero-order valence-corrected chi connectivity index (χ0v) is 19.0. The fraction of sp³-hybridized carbons (Fsp3) is 0.565. The van der Waals surface area contributed by atoms with Gasteiger partial charge in [-0.25, -0.2) is 0 Å².